The van der Waals surface area contributed by atoms with E-state index in [1.165, 1.54) is 11.8 Å². The summed E-state index contributed by atoms with van der Waals surface area (Å²) in [6.45, 7) is 3.69. The Balaban J connectivity index is 2.11. The summed E-state index contributed by atoms with van der Waals surface area (Å²) < 4.78 is 0. The lowest BCUT2D eigenvalue weighted by Crippen LogP contribution is -2.06. The van der Waals surface area contributed by atoms with Gasteiger partial charge in [-0.05, 0) is 43.5 Å². The third-order valence-corrected chi connectivity index (χ3v) is 3.85. The summed E-state index contributed by atoms with van der Waals surface area (Å²) in [7, 11) is 0. The average molecular weight is 288 g/mol. The predicted molar refractivity (Wildman–Crippen MR) is 79.3 cm³/mol. The van der Waals surface area contributed by atoms with Crippen LogP contribution >= 0.6 is 11.8 Å². The van der Waals surface area contributed by atoms with Crippen LogP contribution in [0.2, 0.25) is 0 Å². The fourth-order valence-electron chi connectivity index (χ4n) is 1.98. The average Bonchev–Trinajstić information content (AvgIpc) is 2.38. The summed E-state index contributed by atoms with van der Waals surface area (Å²) in [5.74, 6) is -0.138. The summed E-state index contributed by atoms with van der Waals surface area (Å²) in [5.41, 5.74) is 3.05. The normalized spacial score (nSPS) is 10.5. The number of carboxylic acid groups (broad SMARTS) is 1. The summed E-state index contributed by atoms with van der Waals surface area (Å²) in [4.78, 5) is 19.7. The number of rotatable bonds is 5. The summed E-state index contributed by atoms with van der Waals surface area (Å²) in [6, 6.07) is 5.72. The van der Waals surface area contributed by atoms with E-state index in [2.05, 4.69) is 9.97 Å². The quantitative estimate of drug-likeness (QED) is 0.856. The zero-order chi connectivity index (χ0) is 14.5. The number of hydrogen-bond acceptors (Lipinski definition) is 4. The van der Waals surface area contributed by atoms with E-state index in [4.69, 9.17) is 0 Å². The molecular weight excluding hydrogens is 272 g/mol. The smallest absolute Gasteiger partial charge is 0.338 e. The lowest BCUT2D eigenvalue weighted by molar-refractivity contribution is 0.0691. The maximum absolute atomic E-state index is 11.3. The van der Waals surface area contributed by atoms with Crippen molar-refractivity contribution in [1.82, 2.24) is 9.97 Å². The molecule has 2 heterocycles. The molecule has 5 heteroatoms. The number of aromatic nitrogens is 2. The van der Waals surface area contributed by atoms with Crippen LogP contribution in [0.1, 0.15) is 27.2 Å². The van der Waals surface area contributed by atoms with Crippen LogP contribution in [-0.4, -0.2) is 26.8 Å². The second kappa shape index (κ2) is 6.52. The van der Waals surface area contributed by atoms with E-state index in [1.54, 1.807) is 12.3 Å². The van der Waals surface area contributed by atoms with Crippen LogP contribution in [0.3, 0.4) is 0 Å². The number of carbonyl (C=O) groups is 1. The maximum Gasteiger partial charge on any atom is 0.338 e. The molecule has 0 spiro atoms. The number of thioether (sulfide) groups is 1. The van der Waals surface area contributed by atoms with Gasteiger partial charge in [-0.3, -0.25) is 4.98 Å². The van der Waals surface area contributed by atoms with Crippen molar-refractivity contribution in [3.63, 3.8) is 0 Å². The van der Waals surface area contributed by atoms with Crippen molar-refractivity contribution >= 4 is 17.7 Å². The van der Waals surface area contributed by atoms with E-state index in [0.717, 1.165) is 29.0 Å². The molecule has 0 bridgehead atoms. The van der Waals surface area contributed by atoms with E-state index in [-0.39, 0.29) is 0 Å². The van der Waals surface area contributed by atoms with Gasteiger partial charge in [0.1, 0.15) is 5.03 Å². The second-order valence-electron chi connectivity index (χ2n) is 4.53. The highest BCUT2D eigenvalue weighted by Gasteiger charge is 2.15. The number of aromatic carboxylic acids is 1. The van der Waals surface area contributed by atoms with Crippen LogP contribution in [0.15, 0.2) is 35.6 Å². The zero-order valence-electron chi connectivity index (χ0n) is 11.5. The minimum atomic E-state index is -0.918. The summed E-state index contributed by atoms with van der Waals surface area (Å²) in [5, 5.41) is 9.89. The first-order valence-corrected chi connectivity index (χ1v) is 7.29. The lowest BCUT2D eigenvalue weighted by atomic mass is 10.1. The molecule has 0 radical (unpaired) electrons. The molecule has 0 saturated heterocycles. The Morgan fingerprint density at radius 3 is 2.85 bits per heavy atom. The fraction of sp³-hybridized carbons (Fsp3) is 0.267. The Hall–Kier alpha value is -1.88. The Bertz CT molecular complexity index is 615. The Morgan fingerprint density at radius 2 is 2.20 bits per heavy atom. The van der Waals surface area contributed by atoms with Gasteiger partial charge < -0.3 is 5.11 Å². The molecule has 2 aromatic heterocycles. The minimum absolute atomic E-state index is 0.312. The summed E-state index contributed by atoms with van der Waals surface area (Å²) in [6.07, 6.45) is 4.41. The maximum atomic E-state index is 11.3. The molecule has 0 atom stereocenters. The topological polar surface area (TPSA) is 63.1 Å². The first kappa shape index (κ1) is 14.5. The van der Waals surface area contributed by atoms with E-state index in [1.807, 2.05) is 32.2 Å². The highest BCUT2D eigenvalue weighted by atomic mass is 32.2. The van der Waals surface area contributed by atoms with Crippen LogP contribution in [-0.2, 0) is 6.42 Å². The highest BCUT2D eigenvalue weighted by molar-refractivity contribution is 7.99. The molecule has 2 rings (SSSR count). The number of hydrogen-bond donors (Lipinski definition) is 1. The van der Waals surface area contributed by atoms with Gasteiger partial charge >= 0.3 is 5.97 Å². The predicted octanol–water partition coefficient (Wildman–Crippen LogP) is 3.13. The molecule has 0 aromatic carbocycles. The number of pyridine rings is 2. The lowest BCUT2D eigenvalue weighted by Gasteiger charge is -2.09. The van der Waals surface area contributed by atoms with E-state index >= 15 is 0 Å². The standard InChI is InChI=1S/C15H16N2O2S/c1-10-8-11(2)17-14(13(10)15(18)19)20-7-5-12-4-3-6-16-9-12/h3-4,6,8-9H,5,7H2,1-2H3,(H,18,19). The second-order valence-corrected chi connectivity index (χ2v) is 5.61. The zero-order valence-corrected chi connectivity index (χ0v) is 12.3. The molecule has 20 heavy (non-hydrogen) atoms. The van der Waals surface area contributed by atoms with Gasteiger partial charge in [0.15, 0.2) is 0 Å². The van der Waals surface area contributed by atoms with Crippen molar-refractivity contribution in [1.29, 1.82) is 0 Å². The van der Waals surface area contributed by atoms with Gasteiger partial charge in [-0.15, -0.1) is 11.8 Å². The highest BCUT2D eigenvalue weighted by Crippen LogP contribution is 2.25. The molecule has 0 aliphatic rings. The third-order valence-electron chi connectivity index (χ3n) is 2.88. The van der Waals surface area contributed by atoms with Crippen molar-refractivity contribution < 1.29 is 9.90 Å². The molecule has 2 aromatic rings. The minimum Gasteiger partial charge on any atom is -0.478 e. The first-order valence-electron chi connectivity index (χ1n) is 6.31. The van der Waals surface area contributed by atoms with Gasteiger partial charge in [-0.25, -0.2) is 9.78 Å². The molecule has 0 unspecified atom stereocenters. The molecule has 1 N–H and O–H groups in total. The molecule has 0 saturated carbocycles. The van der Waals surface area contributed by atoms with Crippen LogP contribution in [0.25, 0.3) is 0 Å². The molecule has 104 valence electrons. The monoisotopic (exact) mass is 288 g/mol. The van der Waals surface area contributed by atoms with Crippen LogP contribution < -0.4 is 0 Å². The third kappa shape index (κ3) is 3.57. The molecule has 0 aliphatic carbocycles. The fourth-order valence-corrected chi connectivity index (χ4v) is 3.11. The van der Waals surface area contributed by atoms with Crippen LogP contribution in [0, 0.1) is 13.8 Å². The van der Waals surface area contributed by atoms with Gasteiger partial charge in [0, 0.05) is 23.8 Å². The van der Waals surface area contributed by atoms with Gasteiger partial charge in [-0.2, -0.15) is 0 Å². The van der Waals surface area contributed by atoms with Crippen molar-refractivity contribution in [3.8, 4) is 0 Å². The van der Waals surface area contributed by atoms with Crippen molar-refractivity contribution in [3.05, 3.63) is 53.0 Å². The van der Waals surface area contributed by atoms with Gasteiger partial charge in [0.2, 0.25) is 0 Å². The molecular formula is C15H16N2O2S. The molecule has 0 fully saturated rings. The number of nitrogens with zero attached hydrogens (tertiary/aromatic N) is 2. The van der Waals surface area contributed by atoms with Gasteiger partial charge in [0.25, 0.3) is 0 Å². The van der Waals surface area contributed by atoms with Crippen molar-refractivity contribution in [2.45, 2.75) is 25.3 Å². The molecule has 0 aliphatic heterocycles. The van der Waals surface area contributed by atoms with Gasteiger partial charge in [-0.1, -0.05) is 6.07 Å². The van der Waals surface area contributed by atoms with Crippen molar-refractivity contribution in [2.24, 2.45) is 0 Å². The van der Waals surface area contributed by atoms with Gasteiger partial charge in [0.05, 0.1) is 5.56 Å². The largest absolute Gasteiger partial charge is 0.478 e. The Kier molecular flexibility index (Phi) is 4.74. The Morgan fingerprint density at radius 1 is 1.40 bits per heavy atom. The SMILES string of the molecule is Cc1cc(C)c(C(=O)O)c(SCCc2cccnc2)n1. The van der Waals surface area contributed by atoms with Crippen molar-refractivity contribution in [2.75, 3.05) is 5.75 Å². The molecule has 0 amide bonds. The van der Waals surface area contributed by atoms with Crippen LogP contribution in [0.4, 0.5) is 0 Å². The molecule has 4 nitrogen and oxygen atoms in total. The number of carboxylic acids is 1. The number of aryl methyl sites for hydroxylation is 3. The van der Waals surface area contributed by atoms with E-state index in [9.17, 15) is 9.90 Å². The van der Waals surface area contributed by atoms with Crippen LogP contribution in [0.5, 0.6) is 0 Å². The summed E-state index contributed by atoms with van der Waals surface area (Å²) >= 11 is 1.48. The van der Waals surface area contributed by atoms with E-state index < -0.39 is 5.97 Å². The Labute approximate surface area is 122 Å². The van der Waals surface area contributed by atoms with E-state index in [0.29, 0.717) is 10.6 Å². The first-order chi connectivity index (χ1) is 9.58.